The number of aryl methyl sites for hydroxylation is 3. The number of nitrogens with one attached hydrogen (secondary N) is 1. The molecule has 0 saturated heterocycles. The van der Waals surface area contributed by atoms with Gasteiger partial charge in [0.25, 0.3) is 0 Å². The molecule has 1 aromatic carbocycles. The Kier molecular flexibility index (Phi) is 4.32. The molecule has 2 aliphatic carbocycles. The maximum Gasteiger partial charge on any atom is 0.354 e. The van der Waals surface area contributed by atoms with E-state index in [4.69, 9.17) is 5.14 Å². The second kappa shape index (κ2) is 6.51. The van der Waals surface area contributed by atoms with Crippen molar-refractivity contribution in [2.24, 2.45) is 9.50 Å². The molecule has 0 fully saturated rings. The Labute approximate surface area is 153 Å². The summed E-state index contributed by atoms with van der Waals surface area (Å²) < 4.78 is 18.0. The Hall–Kier alpha value is -2.19. The molecule has 8 heteroatoms. The summed E-state index contributed by atoms with van der Waals surface area (Å²) in [5.74, 6) is 0. The van der Waals surface area contributed by atoms with Crippen LogP contribution in [0.4, 0.5) is 10.5 Å². The number of hydrogen-bond acceptors (Lipinski definition) is 3. The van der Waals surface area contributed by atoms with Gasteiger partial charge in [-0.2, -0.15) is 5.10 Å². The first-order valence-electron chi connectivity index (χ1n) is 9.04. The van der Waals surface area contributed by atoms with E-state index in [0.29, 0.717) is 6.54 Å². The molecule has 1 atom stereocenters. The zero-order chi connectivity index (χ0) is 18.3. The highest BCUT2D eigenvalue weighted by molar-refractivity contribution is 7.91. The molecule has 26 heavy (non-hydrogen) atoms. The maximum absolute atomic E-state index is 12.7. The minimum Gasteiger partial charge on any atom is -0.305 e. The van der Waals surface area contributed by atoms with Crippen LogP contribution in [0.3, 0.4) is 0 Å². The van der Waals surface area contributed by atoms with Crippen LogP contribution in [0.2, 0.25) is 0 Å². The summed E-state index contributed by atoms with van der Waals surface area (Å²) in [4.78, 5) is 12.5. The van der Waals surface area contributed by atoms with Crippen LogP contribution in [0.1, 0.15) is 42.0 Å². The minimum atomic E-state index is -3.37. The van der Waals surface area contributed by atoms with Gasteiger partial charge in [-0.1, -0.05) is 6.07 Å². The second-order valence-electron chi connectivity index (χ2n) is 6.83. The van der Waals surface area contributed by atoms with E-state index in [1.54, 1.807) is 16.9 Å². The fraction of sp³-hybridized carbons (Fsp3) is 0.444. The molecule has 3 N–H and O–H groups in total. The van der Waals surface area contributed by atoms with Crippen LogP contribution >= 0.6 is 0 Å². The number of aromatic nitrogens is 2. The van der Waals surface area contributed by atoms with Crippen molar-refractivity contribution in [3.8, 4) is 0 Å². The predicted molar refractivity (Wildman–Crippen MR) is 100 cm³/mol. The van der Waals surface area contributed by atoms with Crippen LogP contribution in [0.5, 0.6) is 0 Å². The van der Waals surface area contributed by atoms with Crippen molar-refractivity contribution in [1.82, 2.24) is 9.78 Å². The lowest BCUT2D eigenvalue weighted by atomic mass is 9.99. The van der Waals surface area contributed by atoms with E-state index in [1.165, 1.54) is 22.3 Å². The number of amides is 2. The van der Waals surface area contributed by atoms with Crippen LogP contribution in [0.25, 0.3) is 0 Å². The third-order valence-corrected chi connectivity index (χ3v) is 6.42. The average Bonchev–Trinajstić information content (AvgIpc) is 3.33. The molecule has 2 amide bonds. The van der Waals surface area contributed by atoms with Gasteiger partial charge in [-0.15, -0.1) is 4.36 Å². The number of nitrogens with two attached hydrogens (primary N) is 1. The number of fused-ring (bicyclic) bond motifs is 2. The Bertz CT molecular complexity index is 969. The largest absolute Gasteiger partial charge is 0.354 e. The Balaban J connectivity index is 1.66. The van der Waals surface area contributed by atoms with Crippen LogP contribution in [0, 0.1) is 0 Å². The van der Waals surface area contributed by atoms with Gasteiger partial charge >= 0.3 is 6.03 Å². The molecular weight excluding hydrogens is 350 g/mol. The van der Waals surface area contributed by atoms with Crippen molar-refractivity contribution in [1.29, 1.82) is 0 Å². The van der Waals surface area contributed by atoms with Crippen LogP contribution in [0.15, 0.2) is 27.7 Å². The van der Waals surface area contributed by atoms with E-state index in [0.717, 1.165) is 44.2 Å². The van der Waals surface area contributed by atoms with Crippen molar-refractivity contribution >= 4 is 21.6 Å². The normalized spacial score (nSPS) is 17.5. The smallest absolute Gasteiger partial charge is 0.305 e. The summed E-state index contributed by atoms with van der Waals surface area (Å²) in [5.41, 5.74) is 5.91. The number of hydrogen-bond donors (Lipinski definition) is 2. The van der Waals surface area contributed by atoms with Gasteiger partial charge in [0.1, 0.15) is 0 Å². The molecule has 2 aliphatic rings. The monoisotopic (exact) mass is 373 g/mol. The molecule has 138 valence electrons. The lowest BCUT2D eigenvalue weighted by Gasteiger charge is -2.15. The third kappa shape index (κ3) is 3.03. The lowest BCUT2D eigenvalue weighted by molar-refractivity contribution is 0.260. The molecule has 4 rings (SSSR count). The van der Waals surface area contributed by atoms with Crippen molar-refractivity contribution in [2.75, 3.05) is 5.32 Å². The van der Waals surface area contributed by atoms with Gasteiger partial charge < -0.3 is 5.32 Å². The van der Waals surface area contributed by atoms with E-state index in [-0.39, 0.29) is 5.03 Å². The standard InChI is InChI=1S/C18H23N5O2S/c1-2-23-10-9-16(21-23)26(19,25)22-18(24)20-17-14-7-3-5-12(14)11-13-6-4-8-15(13)17/h9-11H,2-8H2,1H3,(H3,19,20,22,24,25)/t26-/m0/s1. The first kappa shape index (κ1) is 17.2. The summed E-state index contributed by atoms with van der Waals surface area (Å²) >= 11 is 0. The lowest BCUT2D eigenvalue weighted by Crippen LogP contribution is -2.19. The Morgan fingerprint density at radius 3 is 2.50 bits per heavy atom. The second-order valence-corrected chi connectivity index (χ2v) is 8.57. The highest BCUT2D eigenvalue weighted by Gasteiger charge is 2.25. The number of anilines is 1. The first-order valence-corrected chi connectivity index (χ1v) is 10.6. The van der Waals surface area contributed by atoms with Gasteiger partial charge in [0.2, 0.25) is 0 Å². The number of carbonyl (C=O) groups is 1. The molecule has 2 aromatic rings. The predicted octanol–water partition coefficient (Wildman–Crippen LogP) is 2.81. The third-order valence-electron chi connectivity index (χ3n) is 5.16. The van der Waals surface area contributed by atoms with Gasteiger partial charge in [0, 0.05) is 18.4 Å². The number of nitrogens with zero attached hydrogens (tertiary/aromatic N) is 3. The van der Waals surface area contributed by atoms with Gasteiger partial charge in [0.05, 0.1) is 0 Å². The summed E-state index contributed by atoms with van der Waals surface area (Å²) in [6.45, 7) is 2.54. The van der Waals surface area contributed by atoms with Crippen LogP contribution in [-0.2, 0) is 42.1 Å². The Morgan fingerprint density at radius 2 is 1.92 bits per heavy atom. The number of urea groups is 1. The van der Waals surface area contributed by atoms with E-state index in [1.807, 2.05) is 6.92 Å². The zero-order valence-corrected chi connectivity index (χ0v) is 15.6. The van der Waals surface area contributed by atoms with Crippen molar-refractivity contribution in [3.63, 3.8) is 0 Å². The molecule has 0 unspecified atom stereocenters. The van der Waals surface area contributed by atoms with Crippen LogP contribution in [-0.4, -0.2) is 20.0 Å². The fourth-order valence-electron chi connectivity index (χ4n) is 3.94. The fourth-order valence-corrected chi connectivity index (χ4v) is 4.81. The zero-order valence-electron chi connectivity index (χ0n) is 14.8. The quantitative estimate of drug-likeness (QED) is 0.864. The van der Waals surface area contributed by atoms with E-state index in [9.17, 15) is 9.00 Å². The molecule has 1 aromatic heterocycles. The number of benzene rings is 1. The highest BCUT2D eigenvalue weighted by atomic mass is 32.2. The van der Waals surface area contributed by atoms with E-state index >= 15 is 0 Å². The topological polar surface area (TPSA) is 102 Å². The Morgan fingerprint density at radius 1 is 1.27 bits per heavy atom. The highest BCUT2D eigenvalue weighted by Crippen LogP contribution is 2.38. The molecule has 1 heterocycles. The summed E-state index contributed by atoms with van der Waals surface area (Å²) in [7, 11) is -3.37. The maximum atomic E-state index is 12.7. The van der Waals surface area contributed by atoms with Crippen molar-refractivity contribution < 1.29 is 9.00 Å². The molecule has 0 radical (unpaired) electrons. The molecule has 0 spiro atoms. The van der Waals surface area contributed by atoms with Crippen molar-refractivity contribution in [3.05, 3.63) is 40.6 Å². The molecular formula is C18H23N5O2S. The minimum absolute atomic E-state index is 0.123. The molecule has 0 bridgehead atoms. The molecule has 0 saturated carbocycles. The van der Waals surface area contributed by atoms with E-state index < -0.39 is 15.9 Å². The van der Waals surface area contributed by atoms with Gasteiger partial charge in [-0.25, -0.2) is 14.1 Å². The molecule has 0 aliphatic heterocycles. The number of rotatable bonds is 3. The summed E-state index contributed by atoms with van der Waals surface area (Å²) in [5, 5.41) is 12.9. The first-order chi connectivity index (χ1) is 12.5. The summed E-state index contributed by atoms with van der Waals surface area (Å²) in [6, 6.07) is 3.17. The van der Waals surface area contributed by atoms with Gasteiger partial charge in [0.15, 0.2) is 14.9 Å². The van der Waals surface area contributed by atoms with Gasteiger partial charge in [-0.3, -0.25) is 4.68 Å². The SMILES string of the molecule is CCn1ccc([S@@](N)(=O)=NC(=O)Nc2c3c(cc4c2CCC4)CCC3)n1. The van der Waals surface area contributed by atoms with Crippen molar-refractivity contribution in [2.45, 2.75) is 57.0 Å². The van der Waals surface area contributed by atoms with E-state index in [2.05, 4.69) is 20.8 Å². The average molecular weight is 373 g/mol. The number of carbonyl (C=O) groups excluding carboxylic acids is 1. The summed E-state index contributed by atoms with van der Waals surface area (Å²) in [6.07, 6.45) is 7.87. The molecule has 7 nitrogen and oxygen atoms in total. The van der Waals surface area contributed by atoms with Gasteiger partial charge in [-0.05, 0) is 73.8 Å². The van der Waals surface area contributed by atoms with Crippen LogP contribution < -0.4 is 10.5 Å².